The molecule has 0 spiro atoms. The zero-order valence-corrected chi connectivity index (χ0v) is 14.5. The molecule has 24 heavy (non-hydrogen) atoms. The molecule has 0 aliphatic heterocycles. The molecule has 0 unspecified atom stereocenters. The maximum atomic E-state index is 12.0. The minimum absolute atomic E-state index is 0.0539. The highest BCUT2D eigenvalue weighted by molar-refractivity contribution is 5.76. The van der Waals surface area contributed by atoms with Gasteiger partial charge in [-0.25, -0.2) is 0 Å². The Bertz CT molecular complexity index is 576. The Kier molecular flexibility index (Phi) is 6.37. The minimum Gasteiger partial charge on any atom is -0.469 e. The highest BCUT2D eigenvalue weighted by Crippen LogP contribution is 2.32. The molecule has 0 radical (unpaired) electrons. The molecule has 1 fully saturated rings. The summed E-state index contributed by atoms with van der Waals surface area (Å²) in [5, 5.41) is 13.4. The van der Waals surface area contributed by atoms with Gasteiger partial charge in [0.25, 0.3) is 0 Å². The summed E-state index contributed by atoms with van der Waals surface area (Å²) in [6.07, 6.45) is 3.31. The highest BCUT2D eigenvalue weighted by Gasteiger charge is 2.36. The van der Waals surface area contributed by atoms with Gasteiger partial charge in [-0.15, -0.1) is 0 Å². The number of hydrogen-bond donors (Lipinski definition) is 2. The zero-order chi connectivity index (χ0) is 17.6. The first kappa shape index (κ1) is 18.5. The zero-order valence-electron chi connectivity index (χ0n) is 14.5. The van der Waals surface area contributed by atoms with Gasteiger partial charge in [0.2, 0.25) is 5.91 Å². The number of hydrogen-bond acceptors (Lipinski definition) is 4. The molecule has 0 heterocycles. The van der Waals surface area contributed by atoms with Gasteiger partial charge in [-0.05, 0) is 50.2 Å². The molecule has 1 aliphatic carbocycles. The maximum Gasteiger partial charge on any atom is 0.308 e. The van der Waals surface area contributed by atoms with Crippen molar-refractivity contribution >= 4 is 11.9 Å². The number of nitrogens with one attached hydrogen (secondary N) is 1. The second kappa shape index (κ2) is 8.29. The molecule has 0 bridgehead atoms. The molecular formula is C19H27NO4. The lowest BCUT2D eigenvalue weighted by atomic mass is 9.79. The lowest BCUT2D eigenvalue weighted by Gasteiger charge is -2.35. The average molecular weight is 333 g/mol. The topological polar surface area (TPSA) is 75.6 Å². The van der Waals surface area contributed by atoms with Crippen LogP contribution in [0.1, 0.15) is 43.2 Å². The summed E-state index contributed by atoms with van der Waals surface area (Å²) < 4.78 is 4.75. The van der Waals surface area contributed by atoms with Gasteiger partial charge in [0, 0.05) is 13.0 Å². The Hall–Kier alpha value is -1.88. The Morgan fingerprint density at radius 3 is 2.58 bits per heavy atom. The van der Waals surface area contributed by atoms with Crippen molar-refractivity contribution in [1.82, 2.24) is 5.32 Å². The first-order valence-corrected chi connectivity index (χ1v) is 8.55. The van der Waals surface area contributed by atoms with Crippen LogP contribution in [0, 0.1) is 12.8 Å². The van der Waals surface area contributed by atoms with Gasteiger partial charge in [-0.1, -0.05) is 24.3 Å². The number of benzene rings is 1. The van der Waals surface area contributed by atoms with Crippen molar-refractivity contribution in [3.63, 3.8) is 0 Å². The number of carbonyl (C=O) groups excluding carboxylic acids is 2. The molecule has 5 nitrogen and oxygen atoms in total. The number of ether oxygens (including phenoxy) is 1. The van der Waals surface area contributed by atoms with Crippen molar-refractivity contribution in [2.24, 2.45) is 5.92 Å². The lowest BCUT2D eigenvalue weighted by molar-refractivity contribution is -0.148. The van der Waals surface area contributed by atoms with Crippen molar-refractivity contribution in [3.8, 4) is 0 Å². The summed E-state index contributed by atoms with van der Waals surface area (Å²) in [5.74, 6) is -0.395. The van der Waals surface area contributed by atoms with Crippen LogP contribution in [0.3, 0.4) is 0 Å². The largest absolute Gasteiger partial charge is 0.469 e. The fourth-order valence-electron chi connectivity index (χ4n) is 3.22. The molecule has 1 aromatic rings. The highest BCUT2D eigenvalue weighted by atomic mass is 16.5. The van der Waals surface area contributed by atoms with Crippen LogP contribution in [0.4, 0.5) is 0 Å². The average Bonchev–Trinajstić information content (AvgIpc) is 2.59. The van der Waals surface area contributed by atoms with Crippen molar-refractivity contribution in [2.45, 2.75) is 51.0 Å². The smallest absolute Gasteiger partial charge is 0.308 e. The fourth-order valence-corrected chi connectivity index (χ4v) is 3.22. The number of aliphatic hydroxyl groups is 1. The third-order valence-corrected chi connectivity index (χ3v) is 4.95. The minimum atomic E-state index is -0.914. The van der Waals surface area contributed by atoms with Crippen molar-refractivity contribution in [3.05, 3.63) is 35.4 Å². The second-order valence-corrected chi connectivity index (χ2v) is 6.72. The van der Waals surface area contributed by atoms with Gasteiger partial charge in [-0.3, -0.25) is 9.59 Å². The molecular weight excluding hydrogens is 306 g/mol. The first-order chi connectivity index (χ1) is 11.4. The molecule has 1 aliphatic rings. The quantitative estimate of drug-likeness (QED) is 0.782. The van der Waals surface area contributed by atoms with E-state index < -0.39 is 5.60 Å². The summed E-state index contributed by atoms with van der Waals surface area (Å²) in [5.41, 5.74) is 1.44. The van der Waals surface area contributed by atoms with Crippen molar-refractivity contribution < 1.29 is 19.4 Å². The predicted molar refractivity (Wildman–Crippen MR) is 91.4 cm³/mol. The van der Waals surface area contributed by atoms with E-state index in [0.29, 0.717) is 38.5 Å². The van der Waals surface area contributed by atoms with Crippen LogP contribution in [0.15, 0.2) is 24.3 Å². The Labute approximate surface area is 143 Å². The van der Waals surface area contributed by atoms with Gasteiger partial charge in [0.1, 0.15) is 0 Å². The van der Waals surface area contributed by atoms with E-state index in [4.69, 9.17) is 4.74 Å². The van der Waals surface area contributed by atoms with E-state index in [1.54, 1.807) is 0 Å². The maximum absolute atomic E-state index is 12.0. The van der Waals surface area contributed by atoms with Crippen LogP contribution in [-0.2, 0) is 20.7 Å². The van der Waals surface area contributed by atoms with E-state index in [0.717, 1.165) is 0 Å². The van der Waals surface area contributed by atoms with Crippen LogP contribution in [0.25, 0.3) is 0 Å². The number of esters is 1. The molecule has 1 aromatic carbocycles. The predicted octanol–water partition coefficient (Wildman–Crippen LogP) is 2.14. The monoisotopic (exact) mass is 333 g/mol. The van der Waals surface area contributed by atoms with E-state index in [1.165, 1.54) is 18.2 Å². The number of rotatable bonds is 6. The van der Waals surface area contributed by atoms with E-state index >= 15 is 0 Å². The van der Waals surface area contributed by atoms with Gasteiger partial charge >= 0.3 is 5.97 Å². The summed E-state index contributed by atoms with van der Waals surface area (Å²) >= 11 is 0. The molecule has 0 atom stereocenters. The first-order valence-electron chi connectivity index (χ1n) is 8.55. The SMILES string of the molecule is COC(=O)C1CCC(O)(CNC(=O)CCc2ccccc2C)CC1. The van der Waals surface area contributed by atoms with E-state index in [9.17, 15) is 14.7 Å². The van der Waals surface area contributed by atoms with Crippen LogP contribution < -0.4 is 5.32 Å². The van der Waals surface area contributed by atoms with Crippen LogP contribution in [0.5, 0.6) is 0 Å². The van der Waals surface area contributed by atoms with Gasteiger partial charge in [-0.2, -0.15) is 0 Å². The molecule has 132 valence electrons. The van der Waals surface area contributed by atoms with Crippen molar-refractivity contribution in [1.29, 1.82) is 0 Å². The summed E-state index contributed by atoms with van der Waals surface area (Å²) in [7, 11) is 1.39. The Balaban J connectivity index is 1.74. The number of aryl methyl sites for hydroxylation is 2. The standard InChI is InChI=1S/C19H27NO4/c1-14-5-3-4-6-15(14)7-8-17(21)20-13-19(23)11-9-16(10-12-19)18(22)24-2/h3-6,16,23H,7-13H2,1-2H3,(H,20,21). The van der Waals surface area contributed by atoms with E-state index in [-0.39, 0.29) is 24.3 Å². The molecule has 5 heteroatoms. The lowest BCUT2D eigenvalue weighted by Crippen LogP contribution is -2.46. The summed E-state index contributed by atoms with van der Waals surface area (Å²) in [6.45, 7) is 2.28. The van der Waals surface area contributed by atoms with Gasteiger partial charge in [0.05, 0.1) is 18.6 Å². The van der Waals surface area contributed by atoms with E-state index in [2.05, 4.69) is 5.32 Å². The fraction of sp³-hybridized carbons (Fsp3) is 0.579. The molecule has 0 aromatic heterocycles. The van der Waals surface area contributed by atoms with Crippen LogP contribution in [0.2, 0.25) is 0 Å². The van der Waals surface area contributed by atoms with Gasteiger partial charge in [0.15, 0.2) is 0 Å². The van der Waals surface area contributed by atoms with Gasteiger partial charge < -0.3 is 15.2 Å². The summed E-state index contributed by atoms with van der Waals surface area (Å²) in [4.78, 5) is 23.6. The number of methoxy groups -OCH3 is 1. The van der Waals surface area contributed by atoms with Crippen LogP contribution >= 0.6 is 0 Å². The Morgan fingerprint density at radius 1 is 1.29 bits per heavy atom. The third-order valence-electron chi connectivity index (χ3n) is 4.95. The number of amides is 1. The Morgan fingerprint density at radius 2 is 1.96 bits per heavy atom. The normalized spacial score (nSPS) is 23.5. The van der Waals surface area contributed by atoms with Crippen LogP contribution in [-0.4, -0.2) is 36.2 Å². The molecule has 1 amide bonds. The summed E-state index contributed by atoms with van der Waals surface area (Å²) in [6, 6.07) is 8.03. The van der Waals surface area contributed by atoms with Crippen molar-refractivity contribution in [2.75, 3.05) is 13.7 Å². The number of carbonyl (C=O) groups is 2. The molecule has 0 saturated heterocycles. The van der Waals surface area contributed by atoms with E-state index in [1.807, 2.05) is 31.2 Å². The molecule has 1 saturated carbocycles. The second-order valence-electron chi connectivity index (χ2n) is 6.72. The molecule has 2 N–H and O–H groups in total. The third kappa shape index (κ3) is 5.06. The molecule has 2 rings (SSSR count).